The topological polar surface area (TPSA) is 58.6 Å². The lowest BCUT2D eigenvalue weighted by Gasteiger charge is -2.33. The highest BCUT2D eigenvalue weighted by molar-refractivity contribution is 5.89. The molecule has 5 nitrogen and oxygen atoms in total. The Labute approximate surface area is 220 Å². The second-order valence-corrected chi connectivity index (χ2v) is 10.0. The highest BCUT2D eigenvalue weighted by Gasteiger charge is 2.32. The van der Waals surface area contributed by atoms with Crippen molar-refractivity contribution in [3.8, 4) is 5.75 Å². The van der Waals surface area contributed by atoms with Crippen molar-refractivity contribution >= 4 is 11.8 Å². The zero-order valence-corrected chi connectivity index (χ0v) is 22.0. The molecule has 1 saturated carbocycles. The standard InChI is InChI=1S/C32H38N2O3/c1-24-12-9-10-16-27(24)22-31(35)34(23-26-15-11-19-29(20-26)37-2)30(21-25-13-5-3-6-14-25)32(36)33-28-17-7-4-8-18-28/h3,5-6,9-16,19-20,28,30H,4,7-8,17-18,21-23H2,1-2H3,(H,33,36). The average molecular weight is 499 g/mol. The van der Waals surface area contributed by atoms with Crippen LogP contribution in [0.3, 0.4) is 0 Å². The maximum Gasteiger partial charge on any atom is 0.243 e. The SMILES string of the molecule is COc1cccc(CN(C(=O)Cc2ccccc2C)C(Cc2ccccc2)C(=O)NC2CCCCC2)c1. The third kappa shape index (κ3) is 7.45. The monoisotopic (exact) mass is 498 g/mol. The third-order valence-corrected chi connectivity index (χ3v) is 7.31. The maximum atomic E-state index is 14.0. The minimum atomic E-state index is -0.618. The summed E-state index contributed by atoms with van der Waals surface area (Å²) in [6.45, 7) is 2.35. The first-order valence-electron chi connectivity index (χ1n) is 13.3. The molecule has 1 aliphatic rings. The van der Waals surface area contributed by atoms with Gasteiger partial charge in [0.15, 0.2) is 0 Å². The van der Waals surface area contributed by atoms with Gasteiger partial charge in [0, 0.05) is 19.0 Å². The van der Waals surface area contributed by atoms with E-state index >= 15 is 0 Å². The molecule has 0 spiro atoms. The van der Waals surface area contributed by atoms with E-state index in [4.69, 9.17) is 4.74 Å². The number of rotatable bonds is 10. The molecule has 1 N–H and O–H groups in total. The minimum Gasteiger partial charge on any atom is -0.497 e. The van der Waals surface area contributed by atoms with Crippen LogP contribution >= 0.6 is 0 Å². The van der Waals surface area contributed by atoms with Crippen molar-refractivity contribution < 1.29 is 14.3 Å². The number of hydrogen-bond donors (Lipinski definition) is 1. The summed E-state index contributed by atoms with van der Waals surface area (Å²) in [7, 11) is 1.63. The number of nitrogens with one attached hydrogen (secondary N) is 1. The summed E-state index contributed by atoms with van der Waals surface area (Å²) in [5.41, 5.74) is 4.02. The number of benzene rings is 3. The van der Waals surface area contributed by atoms with Gasteiger partial charge in [0.05, 0.1) is 13.5 Å². The number of methoxy groups -OCH3 is 1. The van der Waals surface area contributed by atoms with E-state index in [9.17, 15) is 9.59 Å². The van der Waals surface area contributed by atoms with Crippen molar-refractivity contribution in [1.29, 1.82) is 0 Å². The van der Waals surface area contributed by atoms with Crippen molar-refractivity contribution in [2.45, 2.75) is 70.5 Å². The van der Waals surface area contributed by atoms with Crippen molar-refractivity contribution in [3.63, 3.8) is 0 Å². The first kappa shape index (κ1) is 26.5. The largest absolute Gasteiger partial charge is 0.497 e. The molecule has 1 unspecified atom stereocenters. The number of nitrogens with zero attached hydrogens (tertiary/aromatic N) is 1. The Kier molecular flexibility index (Phi) is 9.36. The summed E-state index contributed by atoms with van der Waals surface area (Å²) in [5.74, 6) is 0.601. The van der Waals surface area contributed by atoms with Crippen LogP contribution in [0.2, 0.25) is 0 Å². The van der Waals surface area contributed by atoms with Crippen molar-refractivity contribution in [3.05, 3.63) is 101 Å². The first-order chi connectivity index (χ1) is 18.0. The Balaban J connectivity index is 1.67. The molecule has 1 aliphatic carbocycles. The smallest absolute Gasteiger partial charge is 0.243 e. The number of ether oxygens (including phenoxy) is 1. The van der Waals surface area contributed by atoms with Gasteiger partial charge in [-0.3, -0.25) is 9.59 Å². The Morgan fingerprint density at radius 1 is 0.919 bits per heavy atom. The minimum absolute atomic E-state index is 0.0585. The second kappa shape index (κ2) is 13.1. The maximum absolute atomic E-state index is 14.0. The molecule has 0 aromatic heterocycles. The normalized spacial score (nSPS) is 14.5. The molecular formula is C32H38N2O3. The number of hydrogen-bond acceptors (Lipinski definition) is 3. The van der Waals surface area contributed by atoms with E-state index in [1.165, 1.54) is 6.42 Å². The average Bonchev–Trinajstić information content (AvgIpc) is 2.93. The van der Waals surface area contributed by atoms with Crippen LogP contribution in [0, 0.1) is 6.92 Å². The molecule has 2 amide bonds. The number of aryl methyl sites for hydroxylation is 1. The van der Waals surface area contributed by atoms with Gasteiger partial charge in [0.1, 0.15) is 11.8 Å². The summed E-state index contributed by atoms with van der Waals surface area (Å²) in [5, 5.41) is 3.30. The molecule has 3 aromatic carbocycles. The van der Waals surface area contributed by atoms with Gasteiger partial charge in [-0.1, -0.05) is 86.0 Å². The number of amides is 2. The summed E-state index contributed by atoms with van der Waals surface area (Å²) in [4.78, 5) is 29.6. The highest BCUT2D eigenvalue weighted by Crippen LogP contribution is 2.22. The van der Waals surface area contributed by atoms with Crippen molar-refractivity contribution in [2.24, 2.45) is 0 Å². The summed E-state index contributed by atoms with van der Waals surface area (Å²) < 4.78 is 5.43. The molecule has 37 heavy (non-hydrogen) atoms. The summed E-state index contributed by atoms with van der Waals surface area (Å²) in [6.07, 6.45) is 6.19. The van der Waals surface area contributed by atoms with E-state index in [0.717, 1.165) is 53.7 Å². The molecule has 0 radical (unpaired) electrons. The van der Waals surface area contributed by atoms with E-state index in [-0.39, 0.29) is 24.3 Å². The van der Waals surface area contributed by atoms with Crippen LogP contribution in [0.4, 0.5) is 0 Å². The van der Waals surface area contributed by atoms with Crippen LogP contribution in [0.25, 0.3) is 0 Å². The molecule has 5 heteroatoms. The molecule has 0 heterocycles. The fourth-order valence-electron chi connectivity index (χ4n) is 5.14. The lowest BCUT2D eigenvalue weighted by atomic mass is 9.94. The highest BCUT2D eigenvalue weighted by atomic mass is 16.5. The lowest BCUT2D eigenvalue weighted by Crippen LogP contribution is -2.53. The number of carbonyl (C=O) groups excluding carboxylic acids is 2. The van der Waals surface area contributed by atoms with Crippen LogP contribution in [-0.2, 0) is 29.0 Å². The molecule has 0 bridgehead atoms. The molecule has 3 aromatic rings. The second-order valence-electron chi connectivity index (χ2n) is 10.0. The van der Waals surface area contributed by atoms with E-state index in [1.54, 1.807) is 12.0 Å². The fraction of sp³-hybridized carbons (Fsp3) is 0.375. The molecular weight excluding hydrogens is 460 g/mol. The van der Waals surface area contributed by atoms with Crippen molar-refractivity contribution in [2.75, 3.05) is 7.11 Å². The van der Waals surface area contributed by atoms with E-state index in [0.29, 0.717) is 13.0 Å². The van der Waals surface area contributed by atoms with Gasteiger partial charge >= 0.3 is 0 Å². The summed E-state index contributed by atoms with van der Waals surface area (Å²) in [6, 6.07) is 25.2. The Hall–Kier alpha value is -3.60. The number of carbonyl (C=O) groups is 2. The van der Waals surface area contributed by atoms with Gasteiger partial charge in [-0.25, -0.2) is 0 Å². The van der Waals surface area contributed by atoms with Gasteiger partial charge in [-0.15, -0.1) is 0 Å². The van der Waals surface area contributed by atoms with Crippen LogP contribution in [-0.4, -0.2) is 35.9 Å². The van der Waals surface area contributed by atoms with E-state index < -0.39 is 6.04 Å². The van der Waals surface area contributed by atoms with Crippen LogP contribution in [0.5, 0.6) is 5.75 Å². The zero-order chi connectivity index (χ0) is 26.0. The fourth-order valence-corrected chi connectivity index (χ4v) is 5.14. The van der Waals surface area contributed by atoms with Gasteiger partial charge in [-0.05, 0) is 54.2 Å². The predicted molar refractivity (Wildman–Crippen MR) is 147 cm³/mol. The Morgan fingerprint density at radius 2 is 1.62 bits per heavy atom. The molecule has 1 fully saturated rings. The molecule has 1 atom stereocenters. The van der Waals surface area contributed by atoms with Gasteiger partial charge in [0.25, 0.3) is 0 Å². The molecule has 0 saturated heterocycles. The quantitative estimate of drug-likeness (QED) is 0.394. The van der Waals surface area contributed by atoms with E-state index in [2.05, 4.69) is 5.32 Å². The first-order valence-corrected chi connectivity index (χ1v) is 13.3. The van der Waals surface area contributed by atoms with Crippen LogP contribution in [0.1, 0.15) is 54.4 Å². The van der Waals surface area contributed by atoms with Crippen LogP contribution in [0.15, 0.2) is 78.9 Å². The lowest BCUT2D eigenvalue weighted by molar-refractivity contribution is -0.141. The molecule has 194 valence electrons. The summed E-state index contributed by atoms with van der Waals surface area (Å²) >= 11 is 0. The van der Waals surface area contributed by atoms with Gasteiger partial charge < -0.3 is 15.0 Å². The zero-order valence-electron chi connectivity index (χ0n) is 22.0. The molecule has 0 aliphatic heterocycles. The van der Waals surface area contributed by atoms with Gasteiger partial charge in [-0.2, -0.15) is 0 Å². The van der Waals surface area contributed by atoms with Crippen molar-refractivity contribution in [1.82, 2.24) is 10.2 Å². The van der Waals surface area contributed by atoms with Gasteiger partial charge in [0.2, 0.25) is 11.8 Å². The van der Waals surface area contributed by atoms with Crippen LogP contribution < -0.4 is 10.1 Å². The Morgan fingerprint density at radius 3 is 2.35 bits per heavy atom. The third-order valence-electron chi connectivity index (χ3n) is 7.31. The predicted octanol–water partition coefficient (Wildman–Crippen LogP) is 5.64. The molecule has 4 rings (SSSR count). The van der Waals surface area contributed by atoms with E-state index in [1.807, 2.05) is 85.8 Å². The Bertz CT molecular complexity index is 1170.